The lowest BCUT2D eigenvalue weighted by Crippen LogP contribution is -2.33. The number of thioether (sulfide) groups is 1. The molecule has 0 aliphatic carbocycles. The van der Waals surface area contributed by atoms with Gasteiger partial charge in [-0.15, -0.1) is 0 Å². The number of carbonyl (C=O) groups is 3. The summed E-state index contributed by atoms with van der Waals surface area (Å²) in [5.41, 5.74) is 0.943. The van der Waals surface area contributed by atoms with E-state index in [1.807, 2.05) is 13.8 Å². The molecule has 0 bridgehead atoms. The van der Waals surface area contributed by atoms with Crippen molar-refractivity contribution in [1.82, 2.24) is 4.90 Å². The number of halogens is 2. The summed E-state index contributed by atoms with van der Waals surface area (Å²) in [5.74, 6) is -0.0340. The van der Waals surface area contributed by atoms with Crippen molar-refractivity contribution in [3.8, 4) is 11.5 Å². The van der Waals surface area contributed by atoms with E-state index < -0.39 is 11.1 Å². The minimum absolute atomic E-state index is 0.191. The Morgan fingerprint density at radius 3 is 2.39 bits per heavy atom. The highest BCUT2D eigenvalue weighted by atomic mass is 35.5. The molecule has 162 valence electrons. The maximum Gasteiger partial charge on any atom is 0.293 e. The molecule has 0 radical (unpaired) electrons. The molecule has 1 saturated heterocycles. The Balaban J connectivity index is 1.82. The molecule has 1 fully saturated rings. The number of hydrogen-bond acceptors (Lipinski definition) is 6. The maximum atomic E-state index is 12.8. The van der Waals surface area contributed by atoms with Gasteiger partial charge in [-0.25, -0.2) is 0 Å². The standard InChI is InChI=1S/C22H19Cl2NO5S/c1-3-29-18-10-13(9-16(24)20(18)30-4-2)11-19-21(27)25(22(28)31-19)12-17(26)14-5-7-15(23)8-6-14/h5-11H,3-4,12H2,1-2H3/b19-11+. The first-order valence-electron chi connectivity index (χ1n) is 9.47. The summed E-state index contributed by atoms with van der Waals surface area (Å²) < 4.78 is 11.1. The molecule has 0 saturated carbocycles. The minimum Gasteiger partial charge on any atom is -0.490 e. The fraction of sp³-hybridized carbons (Fsp3) is 0.227. The van der Waals surface area contributed by atoms with Gasteiger partial charge in [0, 0.05) is 10.6 Å². The van der Waals surface area contributed by atoms with Gasteiger partial charge >= 0.3 is 0 Å². The molecule has 0 atom stereocenters. The summed E-state index contributed by atoms with van der Waals surface area (Å²) in [6, 6.07) is 9.57. The summed E-state index contributed by atoms with van der Waals surface area (Å²) >= 11 is 12.9. The van der Waals surface area contributed by atoms with Crippen LogP contribution in [0.2, 0.25) is 10.0 Å². The molecule has 0 unspecified atom stereocenters. The van der Waals surface area contributed by atoms with Gasteiger partial charge in [0.2, 0.25) is 0 Å². The van der Waals surface area contributed by atoms with Crippen molar-refractivity contribution < 1.29 is 23.9 Å². The number of rotatable bonds is 8. The second-order valence-corrected chi connectivity index (χ2v) is 8.23. The molecule has 9 heteroatoms. The second kappa shape index (κ2) is 10.2. The Morgan fingerprint density at radius 1 is 1.06 bits per heavy atom. The molecule has 3 rings (SSSR count). The third-order valence-corrected chi connectivity index (χ3v) is 5.70. The average Bonchev–Trinajstić information content (AvgIpc) is 2.98. The second-order valence-electron chi connectivity index (χ2n) is 6.39. The molecule has 2 aromatic rings. The Kier molecular flexibility index (Phi) is 7.64. The van der Waals surface area contributed by atoms with Gasteiger partial charge in [0.15, 0.2) is 17.3 Å². The molecule has 0 aromatic heterocycles. The number of hydrogen-bond donors (Lipinski definition) is 0. The zero-order valence-electron chi connectivity index (χ0n) is 16.8. The lowest BCUT2D eigenvalue weighted by Gasteiger charge is -2.13. The van der Waals surface area contributed by atoms with Crippen LogP contribution in [0.5, 0.6) is 11.5 Å². The van der Waals surface area contributed by atoms with Crippen LogP contribution in [0, 0.1) is 0 Å². The largest absolute Gasteiger partial charge is 0.490 e. The van der Waals surface area contributed by atoms with Crippen molar-refractivity contribution in [3.63, 3.8) is 0 Å². The molecule has 31 heavy (non-hydrogen) atoms. The highest BCUT2D eigenvalue weighted by Gasteiger charge is 2.36. The van der Waals surface area contributed by atoms with Crippen LogP contribution in [-0.4, -0.2) is 41.6 Å². The number of amides is 2. The predicted molar refractivity (Wildman–Crippen MR) is 122 cm³/mol. The third kappa shape index (κ3) is 5.42. The zero-order valence-corrected chi connectivity index (χ0v) is 19.1. The Labute approximate surface area is 194 Å². The van der Waals surface area contributed by atoms with Crippen LogP contribution >= 0.6 is 35.0 Å². The summed E-state index contributed by atoms with van der Waals surface area (Å²) in [5, 5.41) is 0.308. The number of imide groups is 1. The van der Waals surface area contributed by atoms with E-state index in [4.69, 9.17) is 32.7 Å². The van der Waals surface area contributed by atoms with Gasteiger partial charge in [-0.2, -0.15) is 0 Å². The van der Waals surface area contributed by atoms with Crippen LogP contribution < -0.4 is 9.47 Å². The van der Waals surface area contributed by atoms with Crippen molar-refractivity contribution in [2.75, 3.05) is 19.8 Å². The van der Waals surface area contributed by atoms with Gasteiger partial charge in [0.05, 0.1) is 29.7 Å². The lowest BCUT2D eigenvalue weighted by molar-refractivity contribution is -0.122. The molecule has 0 N–H and O–H groups in total. The molecule has 1 aliphatic heterocycles. The molecular formula is C22H19Cl2NO5S. The number of benzene rings is 2. The van der Waals surface area contributed by atoms with Gasteiger partial charge in [-0.3, -0.25) is 19.3 Å². The van der Waals surface area contributed by atoms with Crippen molar-refractivity contribution in [3.05, 3.63) is 62.5 Å². The smallest absolute Gasteiger partial charge is 0.293 e. The monoisotopic (exact) mass is 479 g/mol. The van der Waals surface area contributed by atoms with Crippen LogP contribution in [0.3, 0.4) is 0 Å². The van der Waals surface area contributed by atoms with Gasteiger partial charge in [0.1, 0.15) is 0 Å². The fourth-order valence-electron chi connectivity index (χ4n) is 2.88. The Morgan fingerprint density at radius 2 is 1.74 bits per heavy atom. The number of ketones is 1. The first kappa shape index (κ1) is 23.2. The van der Waals surface area contributed by atoms with Crippen LogP contribution in [0.1, 0.15) is 29.8 Å². The lowest BCUT2D eigenvalue weighted by atomic mass is 10.1. The number of Topliss-reactive ketones (excluding diaryl/α,β-unsaturated/α-hetero) is 1. The Hall–Kier alpha value is -2.48. The van der Waals surface area contributed by atoms with Crippen LogP contribution in [0.15, 0.2) is 41.3 Å². The molecule has 1 aliphatic rings. The van der Waals surface area contributed by atoms with E-state index in [1.165, 1.54) is 0 Å². The van der Waals surface area contributed by atoms with Crippen LogP contribution in [0.4, 0.5) is 4.79 Å². The summed E-state index contributed by atoms with van der Waals surface area (Å²) in [6.07, 6.45) is 1.54. The number of ether oxygens (including phenoxy) is 2. The minimum atomic E-state index is -0.541. The first-order chi connectivity index (χ1) is 14.8. The molecule has 6 nitrogen and oxygen atoms in total. The van der Waals surface area contributed by atoms with Gasteiger partial charge in [-0.05, 0) is 73.6 Å². The zero-order chi connectivity index (χ0) is 22.5. The fourth-order valence-corrected chi connectivity index (χ4v) is 4.11. The third-order valence-electron chi connectivity index (χ3n) is 4.26. The Bertz CT molecular complexity index is 1050. The SMILES string of the molecule is CCOc1cc(/C=C2/SC(=O)N(CC(=O)c3ccc(Cl)cc3)C2=O)cc(Cl)c1OCC. The summed E-state index contributed by atoms with van der Waals surface area (Å²) in [4.78, 5) is 38.7. The first-order valence-corrected chi connectivity index (χ1v) is 11.0. The van der Waals surface area contributed by atoms with E-state index in [9.17, 15) is 14.4 Å². The van der Waals surface area contributed by atoms with Crippen molar-refractivity contribution in [2.45, 2.75) is 13.8 Å². The van der Waals surface area contributed by atoms with Gasteiger partial charge in [-0.1, -0.05) is 23.2 Å². The van der Waals surface area contributed by atoms with Crippen molar-refractivity contribution in [2.24, 2.45) is 0 Å². The van der Waals surface area contributed by atoms with Crippen LogP contribution in [-0.2, 0) is 4.79 Å². The van der Waals surface area contributed by atoms with Crippen LogP contribution in [0.25, 0.3) is 6.08 Å². The van der Waals surface area contributed by atoms with Gasteiger partial charge in [0.25, 0.3) is 11.1 Å². The van der Waals surface area contributed by atoms with Crippen molar-refractivity contribution in [1.29, 1.82) is 0 Å². The molecule has 0 spiro atoms. The van der Waals surface area contributed by atoms with E-state index in [0.29, 0.717) is 45.9 Å². The van der Waals surface area contributed by atoms with E-state index >= 15 is 0 Å². The normalized spacial score (nSPS) is 15.0. The van der Waals surface area contributed by atoms with E-state index in [-0.39, 0.29) is 17.2 Å². The topological polar surface area (TPSA) is 72.9 Å². The molecule has 2 amide bonds. The number of carbonyl (C=O) groups excluding carboxylic acids is 3. The summed E-state index contributed by atoms with van der Waals surface area (Å²) in [7, 11) is 0. The van der Waals surface area contributed by atoms with E-state index in [1.54, 1.807) is 42.5 Å². The quantitative estimate of drug-likeness (QED) is 0.356. The van der Waals surface area contributed by atoms with E-state index in [0.717, 1.165) is 16.7 Å². The number of nitrogens with zero attached hydrogens (tertiary/aromatic N) is 1. The van der Waals surface area contributed by atoms with Crippen molar-refractivity contribution >= 4 is 58.0 Å². The predicted octanol–water partition coefficient (Wildman–Crippen LogP) is 5.71. The highest BCUT2D eigenvalue weighted by molar-refractivity contribution is 8.18. The maximum absolute atomic E-state index is 12.8. The molecule has 2 aromatic carbocycles. The van der Waals surface area contributed by atoms with E-state index in [2.05, 4.69) is 0 Å². The molecular weight excluding hydrogens is 461 g/mol. The summed E-state index contributed by atoms with van der Waals surface area (Å²) in [6.45, 7) is 4.14. The van der Waals surface area contributed by atoms with Gasteiger partial charge < -0.3 is 9.47 Å². The molecule has 1 heterocycles. The average molecular weight is 480 g/mol. The highest BCUT2D eigenvalue weighted by Crippen LogP contribution is 2.39.